The molecule has 0 aliphatic heterocycles. The largest absolute Gasteiger partial charge is 0.478 e. The lowest BCUT2D eigenvalue weighted by molar-refractivity contribution is 0.0697. The number of carbonyl (C=O) groups is 1. The van der Waals surface area contributed by atoms with Gasteiger partial charge in [-0.3, -0.25) is 0 Å². The third kappa shape index (κ3) is 2.39. The van der Waals surface area contributed by atoms with E-state index < -0.39 is 5.97 Å². The molecule has 2 aromatic rings. The summed E-state index contributed by atoms with van der Waals surface area (Å²) in [5, 5.41) is 9.75. The molecule has 92 valence electrons. The van der Waals surface area contributed by atoms with Crippen LogP contribution >= 0.6 is 11.6 Å². The van der Waals surface area contributed by atoms with Gasteiger partial charge in [-0.25, -0.2) is 4.79 Å². The molecule has 2 nitrogen and oxygen atoms in total. The SMILES string of the molecule is Cc1cc(-c2cccc(C(=O)O)c2)cc(C)c1Cl. The van der Waals surface area contributed by atoms with Crippen LogP contribution in [0.15, 0.2) is 36.4 Å². The zero-order valence-corrected chi connectivity index (χ0v) is 11.0. The van der Waals surface area contributed by atoms with Crippen LogP contribution in [0.1, 0.15) is 21.5 Å². The molecular weight excluding hydrogens is 248 g/mol. The van der Waals surface area contributed by atoms with Crippen molar-refractivity contribution in [2.75, 3.05) is 0 Å². The number of carboxylic acids is 1. The molecule has 0 radical (unpaired) electrons. The van der Waals surface area contributed by atoms with Gasteiger partial charge in [0.25, 0.3) is 0 Å². The Morgan fingerprint density at radius 3 is 2.22 bits per heavy atom. The highest BCUT2D eigenvalue weighted by atomic mass is 35.5. The Kier molecular flexibility index (Phi) is 3.39. The molecule has 0 saturated carbocycles. The van der Waals surface area contributed by atoms with Crippen LogP contribution in [0.25, 0.3) is 11.1 Å². The molecule has 0 fully saturated rings. The van der Waals surface area contributed by atoms with Crippen molar-refractivity contribution in [3.05, 3.63) is 58.1 Å². The van der Waals surface area contributed by atoms with E-state index in [1.54, 1.807) is 18.2 Å². The van der Waals surface area contributed by atoms with Crippen LogP contribution < -0.4 is 0 Å². The van der Waals surface area contributed by atoms with Gasteiger partial charge in [0.05, 0.1) is 5.56 Å². The van der Waals surface area contributed by atoms with E-state index in [4.69, 9.17) is 16.7 Å². The van der Waals surface area contributed by atoms with Crippen molar-refractivity contribution in [3.63, 3.8) is 0 Å². The number of aromatic carboxylic acids is 1. The quantitative estimate of drug-likeness (QED) is 0.873. The Morgan fingerprint density at radius 1 is 1.06 bits per heavy atom. The second kappa shape index (κ2) is 4.83. The summed E-state index contributed by atoms with van der Waals surface area (Å²) < 4.78 is 0. The first-order valence-corrected chi connectivity index (χ1v) is 5.97. The first kappa shape index (κ1) is 12.7. The minimum atomic E-state index is -0.917. The number of hydrogen-bond acceptors (Lipinski definition) is 1. The predicted octanol–water partition coefficient (Wildman–Crippen LogP) is 4.32. The van der Waals surface area contributed by atoms with Gasteiger partial charge >= 0.3 is 5.97 Å². The maximum absolute atomic E-state index is 11.0. The zero-order valence-electron chi connectivity index (χ0n) is 10.2. The van der Waals surface area contributed by atoms with Crippen molar-refractivity contribution >= 4 is 17.6 Å². The maximum Gasteiger partial charge on any atom is 0.335 e. The number of aryl methyl sites for hydroxylation is 2. The van der Waals surface area contributed by atoms with Gasteiger partial charge in [-0.2, -0.15) is 0 Å². The lowest BCUT2D eigenvalue weighted by Gasteiger charge is -2.08. The number of benzene rings is 2. The molecular formula is C15H13ClO2. The van der Waals surface area contributed by atoms with Crippen LogP contribution in [0.4, 0.5) is 0 Å². The van der Waals surface area contributed by atoms with Crippen LogP contribution in [0.3, 0.4) is 0 Å². The van der Waals surface area contributed by atoms with Gasteiger partial charge in [0.1, 0.15) is 0 Å². The van der Waals surface area contributed by atoms with Crippen LogP contribution in [0.5, 0.6) is 0 Å². The Hall–Kier alpha value is -1.80. The van der Waals surface area contributed by atoms with E-state index in [0.29, 0.717) is 0 Å². The number of rotatable bonds is 2. The summed E-state index contributed by atoms with van der Waals surface area (Å²) in [6.07, 6.45) is 0. The Labute approximate surface area is 111 Å². The van der Waals surface area contributed by atoms with E-state index in [1.807, 2.05) is 32.0 Å². The first-order valence-electron chi connectivity index (χ1n) is 5.59. The van der Waals surface area contributed by atoms with E-state index in [-0.39, 0.29) is 5.56 Å². The fraction of sp³-hybridized carbons (Fsp3) is 0.133. The topological polar surface area (TPSA) is 37.3 Å². The summed E-state index contributed by atoms with van der Waals surface area (Å²) in [6, 6.07) is 10.8. The maximum atomic E-state index is 11.0. The monoisotopic (exact) mass is 260 g/mol. The van der Waals surface area contributed by atoms with Crippen molar-refractivity contribution in [2.24, 2.45) is 0 Å². The van der Waals surface area contributed by atoms with Gasteiger partial charge in [0.15, 0.2) is 0 Å². The average Bonchev–Trinajstić information content (AvgIpc) is 2.35. The molecule has 18 heavy (non-hydrogen) atoms. The van der Waals surface area contributed by atoms with E-state index >= 15 is 0 Å². The van der Waals surface area contributed by atoms with Crippen LogP contribution in [-0.4, -0.2) is 11.1 Å². The molecule has 0 atom stereocenters. The average molecular weight is 261 g/mol. The van der Waals surface area contributed by atoms with Gasteiger partial charge < -0.3 is 5.11 Å². The van der Waals surface area contributed by atoms with Crippen LogP contribution in [0, 0.1) is 13.8 Å². The highest BCUT2D eigenvalue weighted by Crippen LogP contribution is 2.28. The summed E-state index contributed by atoms with van der Waals surface area (Å²) in [5.74, 6) is -0.917. The van der Waals surface area contributed by atoms with Gasteiger partial charge in [0.2, 0.25) is 0 Å². The second-order valence-corrected chi connectivity index (χ2v) is 4.69. The standard InChI is InChI=1S/C15H13ClO2/c1-9-6-13(7-10(2)14(9)16)11-4-3-5-12(8-11)15(17)18/h3-8H,1-2H3,(H,17,18). The van der Waals surface area contributed by atoms with Crippen LogP contribution in [-0.2, 0) is 0 Å². The zero-order chi connectivity index (χ0) is 13.3. The van der Waals surface area contributed by atoms with Gasteiger partial charge in [-0.1, -0.05) is 23.7 Å². The number of carboxylic acid groups (broad SMARTS) is 1. The molecule has 1 N–H and O–H groups in total. The van der Waals surface area contributed by atoms with Crippen molar-refractivity contribution in [1.29, 1.82) is 0 Å². The normalized spacial score (nSPS) is 10.4. The molecule has 0 aliphatic rings. The smallest absolute Gasteiger partial charge is 0.335 e. The molecule has 2 rings (SSSR count). The fourth-order valence-corrected chi connectivity index (χ4v) is 2.05. The Balaban J connectivity index is 2.55. The Morgan fingerprint density at radius 2 is 1.67 bits per heavy atom. The fourth-order valence-electron chi connectivity index (χ4n) is 1.94. The second-order valence-electron chi connectivity index (χ2n) is 4.31. The van der Waals surface area contributed by atoms with E-state index in [0.717, 1.165) is 27.3 Å². The molecule has 0 heterocycles. The third-order valence-corrected chi connectivity index (χ3v) is 3.48. The minimum Gasteiger partial charge on any atom is -0.478 e. The minimum absolute atomic E-state index is 0.290. The van der Waals surface area contributed by atoms with Crippen molar-refractivity contribution in [3.8, 4) is 11.1 Å². The third-order valence-electron chi connectivity index (χ3n) is 2.88. The number of hydrogen-bond donors (Lipinski definition) is 1. The molecule has 3 heteroatoms. The highest BCUT2D eigenvalue weighted by molar-refractivity contribution is 6.32. The lowest BCUT2D eigenvalue weighted by Crippen LogP contribution is -1.96. The molecule has 0 bridgehead atoms. The summed E-state index contributed by atoms with van der Waals surface area (Å²) >= 11 is 6.12. The van der Waals surface area contributed by atoms with Crippen molar-refractivity contribution in [2.45, 2.75) is 13.8 Å². The van der Waals surface area contributed by atoms with E-state index in [1.165, 1.54) is 0 Å². The number of halogens is 1. The summed E-state index contributed by atoms with van der Waals surface area (Å²) in [7, 11) is 0. The van der Waals surface area contributed by atoms with Crippen LogP contribution in [0.2, 0.25) is 5.02 Å². The van der Waals surface area contributed by atoms with E-state index in [9.17, 15) is 4.79 Å². The first-order chi connectivity index (χ1) is 8.49. The summed E-state index contributed by atoms with van der Waals surface area (Å²) in [4.78, 5) is 11.0. The van der Waals surface area contributed by atoms with Gasteiger partial charge in [0, 0.05) is 5.02 Å². The predicted molar refractivity (Wildman–Crippen MR) is 73.3 cm³/mol. The molecule has 0 aromatic heterocycles. The molecule has 0 aliphatic carbocycles. The molecule has 0 amide bonds. The highest BCUT2D eigenvalue weighted by Gasteiger charge is 2.07. The van der Waals surface area contributed by atoms with E-state index in [2.05, 4.69) is 0 Å². The Bertz CT molecular complexity index is 595. The van der Waals surface area contributed by atoms with Crippen molar-refractivity contribution < 1.29 is 9.90 Å². The molecule has 0 saturated heterocycles. The molecule has 0 spiro atoms. The summed E-state index contributed by atoms with van der Waals surface area (Å²) in [6.45, 7) is 3.89. The molecule has 2 aromatic carbocycles. The lowest BCUT2D eigenvalue weighted by atomic mass is 9.99. The van der Waals surface area contributed by atoms with Gasteiger partial charge in [-0.15, -0.1) is 0 Å². The molecule has 0 unspecified atom stereocenters. The van der Waals surface area contributed by atoms with Gasteiger partial charge in [-0.05, 0) is 60.4 Å². The van der Waals surface area contributed by atoms with Crippen molar-refractivity contribution in [1.82, 2.24) is 0 Å². The summed E-state index contributed by atoms with van der Waals surface area (Å²) in [5.41, 5.74) is 4.15.